The molecule has 1 aliphatic rings. The van der Waals surface area contributed by atoms with Gasteiger partial charge in [-0.2, -0.15) is 4.42 Å². The Labute approximate surface area is 93.0 Å². The number of nitrogens with zero attached hydrogens (tertiary/aromatic N) is 2. The standard InChI is InChI=1S/C8H12Cl2N2O2/c1-4-5(2)8(3)6(13)11(9)7(14)12(8)10/h5H,4H2,1-3H3. The third-order valence-electron chi connectivity index (χ3n) is 2.93. The highest BCUT2D eigenvalue weighted by molar-refractivity contribution is 6.39. The number of urea groups is 1. The predicted molar refractivity (Wildman–Crippen MR) is 53.6 cm³/mol. The van der Waals surface area contributed by atoms with Gasteiger partial charge in [-0.15, -0.1) is 0 Å². The maximum Gasteiger partial charge on any atom is 0.357 e. The van der Waals surface area contributed by atoms with Gasteiger partial charge in [-0.25, -0.2) is 9.21 Å². The Morgan fingerprint density at radius 2 is 1.93 bits per heavy atom. The molecule has 6 heteroatoms. The summed E-state index contributed by atoms with van der Waals surface area (Å²) in [6, 6.07) is -0.680. The van der Waals surface area contributed by atoms with Crippen LogP contribution in [0.2, 0.25) is 0 Å². The first-order valence-electron chi connectivity index (χ1n) is 4.37. The summed E-state index contributed by atoms with van der Waals surface area (Å²) in [4.78, 5) is 23.0. The molecule has 0 aromatic heterocycles. The highest BCUT2D eigenvalue weighted by Gasteiger charge is 2.56. The van der Waals surface area contributed by atoms with Crippen LogP contribution in [0.1, 0.15) is 27.2 Å². The molecule has 1 aliphatic heterocycles. The Balaban J connectivity index is 3.10. The van der Waals surface area contributed by atoms with Crippen LogP contribution >= 0.6 is 23.6 Å². The van der Waals surface area contributed by atoms with Crippen LogP contribution in [0.15, 0.2) is 0 Å². The van der Waals surface area contributed by atoms with Crippen molar-refractivity contribution < 1.29 is 9.59 Å². The molecule has 3 amide bonds. The summed E-state index contributed by atoms with van der Waals surface area (Å²) in [5.41, 5.74) is -1.03. The first kappa shape index (κ1) is 11.6. The minimum absolute atomic E-state index is 0.0415. The van der Waals surface area contributed by atoms with Crippen molar-refractivity contribution in [1.82, 2.24) is 8.84 Å². The highest BCUT2D eigenvalue weighted by atomic mass is 35.5. The molecule has 80 valence electrons. The van der Waals surface area contributed by atoms with Crippen LogP contribution in [-0.4, -0.2) is 26.3 Å². The molecule has 2 unspecified atom stereocenters. The lowest BCUT2D eigenvalue weighted by molar-refractivity contribution is -0.130. The fraction of sp³-hybridized carbons (Fsp3) is 0.750. The van der Waals surface area contributed by atoms with E-state index in [1.54, 1.807) is 6.92 Å². The summed E-state index contributed by atoms with van der Waals surface area (Å²) in [7, 11) is 0. The topological polar surface area (TPSA) is 40.6 Å². The average molecular weight is 239 g/mol. The summed E-state index contributed by atoms with van der Waals surface area (Å²) in [6.45, 7) is 5.41. The minimum atomic E-state index is -1.03. The van der Waals surface area contributed by atoms with Gasteiger partial charge >= 0.3 is 6.03 Å². The lowest BCUT2D eigenvalue weighted by Crippen LogP contribution is -2.47. The lowest BCUT2D eigenvalue weighted by Gasteiger charge is -2.31. The van der Waals surface area contributed by atoms with E-state index in [1.165, 1.54) is 0 Å². The number of imide groups is 1. The molecule has 1 saturated heterocycles. The second kappa shape index (κ2) is 3.59. The third-order valence-corrected chi connectivity index (χ3v) is 3.72. The van der Waals surface area contributed by atoms with E-state index in [0.29, 0.717) is 4.42 Å². The number of carbonyl (C=O) groups is 2. The predicted octanol–water partition coefficient (Wildman–Crippen LogP) is 2.36. The van der Waals surface area contributed by atoms with Crippen LogP contribution in [0, 0.1) is 5.92 Å². The smallest absolute Gasteiger partial charge is 0.270 e. The van der Waals surface area contributed by atoms with Gasteiger partial charge in [0.25, 0.3) is 5.91 Å². The second-order valence-electron chi connectivity index (χ2n) is 3.61. The molecule has 0 N–H and O–H groups in total. The van der Waals surface area contributed by atoms with Crippen molar-refractivity contribution >= 4 is 35.5 Å². The van der Waals surface area contributed by atoms with Crippen LogP contribution < -0.4 is 0 Å². The van der Waals surface area contributed by atoms with E-state index in [0.717, 1.165) is 10.8 Å². The van der Waals surface area contributed by atoms with Crippen LogP contribution in [-0.2, 0) is 4.79 Å². The molecular formula is C8H12Cl2N2O2. The molecule has 4 nitrogen and oxygen atoms in total. The highest BCUT2D eigenvalue weighted by Crippen LogP contribution is 2.38. The van der Waals surface area contributed by atoms with E-state index in [2.05, 4.69) is 0 Å². The molecule has 0 radical (unpaired) electrons. The van der Waals surface area contributed by atoms with Gasteiger partial charge in [0.05, 0.1) is 0 Å². The van der Waals surface area contributed by atoms with E-state index < -0.39 is 17.5 Å². The molecule has 0 spiro atoms. The zero-order chi connectivity index (χ0) is 11.1. The number of hydrogen-bond donors (Lipinski definition) is 0. The Hall–Kier alpha value is -0.480. The van der Waals surface area contributed by atoms with Crippen LogP contribution in [0.4, 0.5) is 4.79 Å². The third kappa shape index (κ3) is 1.28. The number of rotatable bonds is 2. The van der Waals surface area contributed by atoms with Gasteiger partial charge in [-0.1, -0.05) is 20.3 Å². The maximum atomic E-state index is 11.7. The molecule has 1 fully saturated rings. The summed E-state index contributed by atoms with van der Waals surface area (Å²) in [5, 5.41) is 0. The van der Waals surface area contributed by atoms with E-state index in [9.17, 15) is 9.59 Å². The van der Waals surface area contributed by atoms with Crippen molar-refractivity contribution in [3.63, 3.8) is 0 Å². The first-order chi connectivity index (χ1) is 6.37. The van der Waals surface area contributed by atoms with Crippen molar-refractivity contribution in [2.24, 2.45) is 5.92 Å². The summed E-state index contributed by atoms with van der Waals surface area (Å²) in [6.07, 6.45) is 0.740. The molecule has 1 rings (SSSR count). The maximum absolute atomic E-state index is 11.7. The summed E-state index contributed by atoms with van der Waals surface area (Å²) in [5.74, 6) is -0.506. The lowest BCUT2D eigenvalue weighted by atomic mass is 9.85. The van der Waals surface area contributed by atoms with Gasteiger partial charge in [0.15, 0.2) is 0 Å². The monoisotopic (exact) mass is 238 g/mol. The Morgan fingerprint density at radius 3 is 2.21 bits per heavy atom. The molecule has 0 aliphatic carbocycles. The van der Waals surface area contributed by atoms with E-state index in [-0.39, 0.29) is 5.92 Å². The minimum Gasteiger partial charge on any atom is -0.270 e. The Kier molecular flexibility index (Phi) is 2.97. The van der Waals surface area contributed by atoms with Crippen LogP contribution in [0.25, 0.3) is 0 Å². The van der Waals surface area contributed by atoms with Crippen molar-refractivity contribution in [3.8, 4) is 0 Å². The van der Waals surface area contributed by atoms with Gasteiger partial charge in [0.2, 0.25) is 0 Å². The summed E-state index contributed by atoms with van der Waals surface area (Å²) < 4.78 is 1.43. The van der Waals surface area contributed by atoms with Crippen LogP contribution in [0.3, 0.4) is 0 Å². The first-order valence-corrected chi connectivity index (χ1v) is 5.05. The van der Waals surface area contributed by atoms with E-state index in [4.69, 9.17) is 23.6 Å². The molecule has 0 bridgehead atoms. The number of halogens is 2. The molecule has 14 heavy (non-hydrogen) atoms. The fourth-order valence-electron chi connectivity index (χ4n) is 1.45. The quantitative estimate of drug-likeness (QED) is 0.548. The Bertz CT molecular complexity index is 285. The molecular weight excluding hydrogens is 227 g/mol. The van der Waals surface area contributed by atoms with Gasteiger partial charge < -0.3 is 0 Å². The molecule has 2 atom stereocenters. The van der Waals surface area contributed by atoms with Crippen LogP contribution in [0.5, 0.6) is 0 Å². The molecule has 0 saturated carbocycles. The van der Waals surface area contributed by atoms with E-state index in [1.807, 2.05) is 13.8 Å². The second-order valence-corrected chi connectivity index (χ2v) is 4.28. The number of amides is 3. The largest absolute Gasteiger partial charge is 0.357 e. The molecule has 0 aromatic rings. The van der Waals surface area contributed by atoms with Gasteiger partial charge in [-0.05, 0) is 12.8 Å². The van der Waals surface area contributed by atoms with Crippen molar-refractivity contribution in [2.75, 3.05) is 0 Å². The molecule has 1 heterocycles. The molecule has 0 aromatic carbocycles. The number of hydrogen-bond acceptors (Lipinski definition) is 2. The van der Waals surface area contributed by atoms with Crippen molar-refractivity contribution in [2.45, 2.75) is 32.7 Å². The zero-order valence-corrected chi connectivity index (χ0v) is 9.76. The van der Waals surface area contributed by atoms with Gasteiger partial charge in [-0.3, -0.25) is 4.79 Å². The fourth-order valence-corrected chi connectivity index (χ4v) is 2.05. The van der Waals surface area contributed by atoms with Gasteiger partial charge in [0.1, 0.15) is 5.54 Å². The SMILES string of the molecule is CCC(C)C1(C)C(=O)N(Cl)C(=O)N1Cl. The van der Waals surface area contributed by atoms with Gasteiger partial charge in [0, 0.05) is 23.6 Å². The normalized spacial score (nSPS) is 30.1. The summed E-state index contributed by atoms with van der Waals surface area (Å²) >= 11 is 11.3. The van der Waals surface area contributed by atoms with Crippen molar-refractivity contribution in [1.29, 1.82) is 0 Å². The zero-order valence-electron chi connectivity index (χ0n) is 8.25. The number of carbonyl (C=O) groups excluding carboxylic acids is 2. The van der Waals surface area contributed by atoms with E-state index >= 15 is 0 Å². The average Bonchev–Trinajstić information content (AvgIpc) is 2.34. The van der Waals surface area contributed by atoms with Crippen molar-refractivity contribution in [3.05, 3.63) is 0 Å². The Morgan fingerprint density at radius 1 is 1.43 bits per heavy atom.